The topological polar surface area (TPSA) is 54.4 Å². The largest absolute Gasteiger partial charge is 0.300 e. The molecule has 2 aromatic carbocycles. The summed E-state index contributed by atoms with van der Waals surface area (Å²) in [5.41, 5.74) is 1.22. The second-order valence-electron chi connectivity index (χ2n) is 5.63. The number of benzene rings is 2. The first kappa shape index (κ1) is 17.3. The second-order valence-corrected chi connectivity index (χ2v) is 6.66. The number of hydrogen-bond acceptors (Lipinski definition) is 4. The molecule has 0 radical (unpaired) electrons. The van der Waals surface area contributed by atoms with E-state index in [0.717, 1.165) is 40.4 Å². The summed E-state index contributed by atoms with van der Waals surface area (Å²) in [4.78, 5) is 20.6. The summed E-state index contributed by atoms with van der Waals surface area (Å²) in [7, 11) is 0. The number of aromatic nitrogens is 1. The van der Waals surface area contributed by atoms with Crippen molar-refractivity contribution in [2.45, 2.75) is 0 Å². The van der Waals surface area contributed by atoms with E-state index in [1.54, 1.807) is 12.3 Å². The van der Waals surface area contributed by atoms with E-state index in [0.29, 0.717) is 4.91 Å². The van der Waals surface area contributed by atoms with E-state index in [9.17, 15) is 18.0 Å². The van der Waals surface area contributed by atoms with Crippen molar-refractivity contribution in [3.63, 3.8) is 0 Å². The number of fused-ring (bicyclic) bond motifs is 1. The Kier molecular flexibility index (Phi) is 4.41. The highest BCUT2D eigenvalue weighted by Crippen LogP contribution is 2.30. The minimum Gasteiger partial charge on any atom is -0.300 e. The van der Waals surface area contributed by atoms with Gasteiger partial charge in [0.25, 0.3) is 5.91 Å². The van der Waals surface area contributed by atoms with Crippen LogP contribution in [-0.4, -0.2) is 16.1 Å². The number of carbonyl (C=O) groups excluding carboxylic acids is 1. The van der Waals surface area contributed by atoms with Crippen LogP contribution in [0.4, 0.5) is 18.9 Å². The van der Waals surface area contributed by atoms with Crippen molar-refractivity contribution in [2.24, 2.45) is 4.99 Å². The number of nitrogens with one attached hydrogen (secondary N) is 1. The summed E-state index contributed by atoms with van der Waals surface area (Å²) in [6, 6.07) is 11.0. The number of rotatable bonds is 2. The van der Waals surface area contributed by atoms with Gasteiger partial charge in [0.2, 0.25) is 0 Å². The molecule has 4 nitrogen and oxygen atoms in total. The van der Waals surface area contributed by atoms with Crippen molar-refractivity contribution in [3.05, 3.63) is 76.6 Å². The standard InChI is InChI=1S/C19H10F3N3OS/c20-12-4-6-14(17(22)16(12)21)24-19-25-18(26)15(27-19)9-10-3-5-13-11(8-10)2-1-7-23-13/h1-9H,(H,24,25,26)/b15-9+. The molecule has 2 heterocycles. The number of amidine groups is 1. The molecule has 1 aliphatic rings. The summed E-state index contributed by atoms with van der Waals surface area (Å²) in [5.74, 6) is -4.72. The Morgan fingerprint density at radius 2 is 1.93 bits per heavy atom. The van der Waals surface area contributed by atoms with Gasteiger partial charge in [0.1, 0.15) is 5.69 Å². The molecule has 3 aromatic rings. The number of thioether (sulfide) groups is 1. The molecule has 0 saturated carbocycles. The third kappa shape index (κ3) is 3.43. The molecule has 1 aliphatic heterocycles. The van der Waals surface area contributed by atoms with Crippen LogP contribution in [0.3, 0.4) is 0 Å². The zero-order valence-electron chi connectivity index (χ0n) is 13.5. The van der Waals surface area contributed by atoms with Crippen LogP contribution < -0.4 is 5.32 Å². The Bertz CT molecular complexity index is 1140. The molecule has 1 amide bonds. The number of halogens is 3. The minimum atomic E-state index is -1.60. The third-order valence-corrected chi connectivity index (χ3v) is 4.72. The van der Waals surface area contributed by atoms with E-state index in [1.807, 2.05) is 30.3 Å². The lowest BCUT2D eigenvalue weighted by Crippen LogP contribution is -2.19. The highest BCUT2D eigenvalue weighted by atomic mass is 32.2. The molecule has 0 atom stereocenters. The molecular weight excluding hydrogens is 375 g/mol. The van der Waals surface area contributed by atoms with Gasteiger partial charge in [0, 0.05) is 11.6 Å². The van der Waals surface area contributed by atoms with E-state index < -0.39 is 29.0 Å². The fraction of sp³-hybridized carbons (Fsp3) is 0. The van der Waals surface area contributed by atoms with Crippen molar-refractivity contribution in [1.29, 1.82) is 0 Å². The van der Waals surface area contributed by atoms with Gasteiger partial charge in [0.05, 0.1) is 10.4 Å². The Hall–Kier alpha value is -3.13. The van der Waals surface area contributed by atoms with E-state index >= 15 is 0 Å². The van der Waals surface area contributed by atoms with E-state index in [2.05, 4.69) is 15.3 Å². The molecule has 0 spiro atoms. The van der Waals surface area contributed by atoms with Crippen LogP contribution in [0.15, 0.2) is 58.6 Å². The van der Waals surface area contributed by atoms with Crippen LogP contribution in [-0.2, 0) is 4.79 Å². The van der Waals surface area contributed by atoms with Gasteiger partial charge in [-0.3, -0.25) is 9.78 Å². The zero-order chi connectivity index (χ0) is 19.0. The lowest BCUT2D eigenvalue weighted by atomic mass is 10.1. The summed E-state index contributed by atoms with van der Waals surface area (Å²) in [6.45, 7) is 0. The molecule has 0 bridgehead atoms. The Morgan fingerprint density at radius 1 is 1.07 bits per heavy atom. The molecule has 0 unspecified atom stereocenters. The van der Waals surface area contributed by atoms with Gasteiger partial charge < -0.3 is 5.32 Å². The van der Waals surface area contributed by atoms with Crippen LogP contribution >= 0.6 is 11.8 Å². The van der Waals surface area contributed by atoms with Crippen molar-refractivity contribution in [1.82, 2.24) is 10.3 Å². The third-order valence-electron chi connectivity index (χ3n) is 3.81. The zero-order valence-corrected chi connectivity index (χ0v) is 14.4. The minimum absolute atomic E-state index is 0.0821. The predicted octanol–water partition coefficient (Wildman–Crippen LogP) is 4.54. The van der Waals surface area contributed by atoms with Crippen LogP contribution in [0.1, 0.15) is 5.56 Å². The van der Waals surface area contributed by atoms with Crippen molar-refractivity contribution >= 4 is 45.5 Å². The fourth-order valence-electron chi connectivity index (χ4n) is 2.53. The molecule has 134 valence electrons. The number of aliphatic imine (C=N–C) groups is 1. The van der Waals surface area contributed by atoms with E-state index in [-0.39, 0.29) is 5.17 Å². The molecule has 1 aromatic heterocycles. The number of hydrogen-bond donors (Lipinski definition) is 1. The van der Waals surface area contributed by atoms with Gasteiger partial charge >= 0.3 is 0 Å². The summed E-state index contributed by atoms with van der Waals surface area (Å²) in [6.07, 6.45) is 3.36. The van der Waals surface area contributed by atoms with E-state index in [4.69, 9.17) is 0 Å². The van der Waals surface area contributed by atoms with Crippen LogP contribution in [0.5, 0.6) is 0 Å². The number of pyridine rings is 1. The summed E-state index contributed by atoms with van der Waals surface area (Å²) in [5, 5.41) is 3.49. The van der Waals surface area contributed by atoms with Crippen molar-refractivity contribution in [2.75, 3.05) is 0 Å². The Balaban J connectivity index is 1.63. The maximum Gasteiger partial charge on any atom is 0.264 e. The van der Waals surface area contributed by atoms with Crippen molar-refractivity contribution in [3.8, 4) is 0 Å². The Labute approximate surface area is 155 Å². The molecule has 27 heavy (non-hydrogen) atoms. The number of nitrogens with zero attached hydrogens (tertiary/aromatic N) is 2. The van der Waals surface area contributed by atoms with Gasteiger partial charge in [-0.05, 0) is 53.7 Å². The second kappa shape index (κ2) is 6.88. The average Bonchev–Trinajstić information content (AvgIpc) is 3.01. The van der Waals surface area contributed by atoms with Gasteiger partial charge in [0.15, 0.2) is 22.6 Å². The first-order valence-electron chi connectivity index (χ1n) is 7.79. The fourth-order valence-corrected chi connectivity index (χ4v) is 3.36. The van der Waals surface area contributed by atoms with Crippen LogP contribution in [0.25, 0.3) is 17.0 Å². The molecule has 1 N–H and O–H groups in total. The van der Waals surface area contributed by atoms with Gasteiger partial charge in [-0.25, -0.2) is 18.2 Å². The predicted molar refractivity (Wildman–Crippen MR) is 98.9 cm³/mol. The maximum atomic E-state index is 13.7. The lowest BCUT2D eigenvalue weighted by molar-refractivity contribution is -0.115. The van der Waals surface area contributed by atoms with Crippen LogP contribution in [0.2, 0.25) is 0 Å². The summed E-state index contributed by atoms with van der Waals surface area (Å²) < 4.78 is 40.0. The van der Waals surface area contributed by atoms with Crippen molar-refractivity contribution < 1.29 is 18.0 Å². The highest BCUT2D eigenvalue weighted by Gasteiger charge is 2.24. The van der Waals surface area contributed by atoms with Gasteiger partial charge in [-0.15, -0.1) is 0 Å². The number of carbonyl (C=O) groups is 1. The monoisotopic (exact) mass is 385 g/mol. The summed E-state index contributed by atoms with van der Waals surface area (Å²) >= 11 is 0.985. The molecule has 4 rings (SSSR count). The van der Waals surface area contributed by atoms with Gasteiger partial charge in [-0.2, -0.15) is 0 Å². The Morgan fingerprint density at radius 3 is 2.78 bits per heavy atom. The molecule has 1 fully saturated rings. The molecule has 8 heteroatoms. The number of amides is 1. The first-order valence-corrected chi connectivity index (χ1v) is 8.61. The smallest absolute Gasteiger partial charge is 0.264 e. The average molecular weight is 385 g/mol. The SMILES string of the molecule is O=C1NC(=Nc2ccc(F)c(F)c2F)S/C1=C/c1ccc2ncccc2c1. The van der Waals surface area contributed by atoms with E-state index in [1.165, 1.54) is 0 Å². The normalized spacial score (nSPS) is 17.1. The maximum absolute atomic E-state index is 13.7. The highest BCUT2D eigenvalue weighted by molar-refractivity contribution is 8.18. The molecule has 1 saturated heterocycles. The molecule has 0 aliphatic carbocycles. The van der Waals surface area contributed by atoms with Crippen LogP contribution in [0, 0.1) is 17.5 Å². The van der Waals surface area contributed by atoms with Gasteiger partial charge in [-0.1, -0.05) is 12.1 Å². The lowest BCUT2D eigenvalue weighted by Gasteiger charge is -2.00. The first-order chi connectivity index (χ1) is 13.0. The molecular formula is C19H10F3N3OS. The quantitative estimate of drug-likeness (QED) is 0.520.